The first-order valence-corrected chi connectivity index (χ1v) is 8.02. The highest BCUT2D eigenvalue weighted by Crippen LogP contribution is 2.27. The number of carbonyl (C=O) groups excluding carboxylic acids is 2. The molecule has 0 spiro atoms. The summed E-state index contributed by atoms with van der Waals surface area (Å²) >= 11 is 0. The van der Waals surface area contributed by atoms with Crippen molar-refractivity contribution in [3.05, 3.63) is 53.1 Å². The molecule has 1 unspecified atom stereocenters. The van der Waals surface area contributed by atoms with E-state index in [1.807, 2.05) is 44.2 Å². The Bertz CT molecular complexity index is 796. The summed E-state index contributed by atoms with van der Waals surface area (Å²) in [6, 6.07) is 9.35. The topological polar surface area (TPSA) is 121 Å². The molecule has 2 rings (SSSR count). The van der Waals surface area contributed by atoms with E-state index in [0.717, 1.165) is 17.0 Å². The fraction of sp³-hybridized carbons (Fsp3) is 0.333. The van der Waals surface area contributed by atoms with E-state index in [4.69, 9.17) is 5.11 Å². The van der Waals surface area contributed by atoms with Crippen LogP contribution in [-0.2, 0) is 31.1 Å². The van der Waals surface area contributed by atoms with Gasteiger partial charge in [-0.15, -0.1) is 0 Å². The number of hydrogen-bond donors (Lipinski definition) is 3. The zero-order valence-electron chi connectivity index (χ0n) is 14.8. The van der Waals surface area contributed by atoms with E-state index in [1.54, 1.807) is 6.92 Å². The Morgan fingerprint density at radius 2 is 1.88 bits per heavy atom. The van der Waals surface area contributed by atoms with Gasteiger partial charge in [0.1, 0.15) is 17.7 Å². The van der Waals surface area contributed by atoms with Gasteiger partial charge >= 0.3 is 11.9 Å². The van der Waals surface area contributed by atoms with Gasteiger partial charge in [0.25, 0.3) is 5.91 Å². The van der Waals surface area contributed by atoms with Crippen molar-refractivity contribution in [2.45, 2.75) is 39.0 Å². The van der Waals surface area contributed by atoms with Gasteiger partial charge in [-0.3, -0.25) is 9.59 Å². The second kappa shape index (κ2) is 7.81. The standard InChI is InChI=1S/C18H21N3O5/c1-11-12(2)20-16(19-11)18(3,10-13-7-5-4-6-8-13)17(25)21-26-15(24)9-14(22)23/h4-8H,9-10H2,1-3H3,(H,19,20)(H,21,25)(H,22,23). The van der Waals surface area contributed by atoms with Crippen molar-refractivity contribution in [3.8, 4) is 0 Å². The van der Waals surface area contributed by atoms with Gasteiger partial charge in [0, 0.05) is 5.69 Å². The van der Waals surface area contributed by atoms with Crippen LogP contribution in [0.4, 0.5) is 0 Å². The van der Waals surface area contributed by atoms with Crippen molar-refractivity contribution in [1.29, 1.82) is 0 Å². The van der Waals surface area contributed by atoms with Crippen LogP contribution in [0.15, 0.2) is 30.3 Å². The van der Waals surface area contributed by atoms with Gasteiger partial charge in [0.05, 0.1) is 5.69 Å². The molecule has 26 heavy (non-hydrogen) atoms. The minimum atomic E-state index is -1.34. The number of H-pyrrole nitrogens is 1. The molecule has 1 amide bonds. The van der Waals surface area contributed by atoms with Crippen molar-refractivity contribution in [3.63, 3.8) is 0 Å². The summed E-state index contributed by atoms with van der Waals surface area (Å²) in [5.41, 5.74) is 3.40. The number of carboxylic acid groups (broad SMARTS) is 1. The van der Waals surface area contributed by atoms with Gasteiger partial charge in [-0.2, -0.15) is 5.48 Å². The number of imidazole rings is 1. The summed E-state index contributed by atoms with van der Waals surface area (Å²) in [6.07, 6.45) is -0.531. The number of hydrogen-bond acceptors (Lipinski definition) is 5. The molecule has 138 valence electrons. The minimum Gasteiger partial charge on any atom is -0.481 e. The van der Waals surface area contributed by atoms with Gasteiger partial charge in [-0.05, 0) is 32.8 Å². The summed E-state index contributed by atoms with van der Waals surface area (Å²) in [6.45, 7) is 5.35. The van der Waals surface area contributed by atoms with Crippen molar-refractivity contribution >= 4 is 17.8 Å². The predicted molar refractivity (Wildman–Crippen MR) is 92.0 cm³/mol. The maximum absolute atomic E-state index is 12.8. The van der Waals surface area contributed by atoms with Crippen LogP contribution in [0.25, 0.3) is 0 Å². The number of benzene rings is 1. The maximum atomic E-state index is 12.8. The number of rotatable bonds is 6. The second-order valence-electron chi connectivity index (χ2n) is 6.27. The van der Waals surface area contributed by atoms with Gasteiger partial charge in [-0.1, -0.05) is 30.3 Å². The first kappa shape index (κ1) is 19.2. The van der Waals surface area contributed by atoms with E-state index < -0.39 is 29.7 Å². The monoisotopic (exact) mass is 359 g/mol. The normalized spacial score (nSPS) is 12.9. The Labute approximate surface area is 150 Å². The smallest absolute Gasteiger partial charge is 0.343 e. The lowest BCUT2D eigenvalue weighted by molar-refractivity contribution is -0.163. The number of aryl methyl sites for hydroxylation is 2. The van der Waals surface area contributed by atoms with Crippen molar-refractivity contribution < 1.29 is 24.3 Å². The number of carboxylic acids is 1. The number of hydroxylamine groups is 1. The molecule has 0 aliphatic heterocycles. The molecule has 0 bridgehead atoms. The molecule has 0 radical (unpaired) electrons. The van der Waals surface area contributed by atoms with Gasteiger partial charge < -0.3 is 14.9 Å². The SMILES string of the molecule is Cc1nc(C(C)(Cc2ccccc2)C(=O)NOC(=O)CC(=O)O)[nH]c1C. The Morgan fingerprint density at radius 1 is 1.23 bits per heavy atom. The molecule has 8 nitrogen and oxygen atoms in total. The van der Waals surface area contributed by atoms with Gasteiger partial charge in [0.2, 0.25) is 0 Å². The molecular formula is C18H21N3O5. The van der Waals surface area contributed by atoms with E-state index in [9.17, 15) is 14.4 Å². The van der Waals surface area contributed by atoms with Crippen LogP contribution in [0, 0.1) is 13.8 Å². The highest BCUT2D eigenvalue weighted by atomic mass is 16.7. The molecule has 1 aromatic heterocycles. The van der Waals surface area contributed by atoms with Crippen LogP contribution < -0.4 is 5.48 Å². The first-order valence-electron chi connectivity index (χ1n) is 8.02. The summed E-state index contributed by atoms with van der Waals surface area (Å²) in [5.74, 6) is -2.56. The average molecular weight is 359 g/mol. The number of carbonyl (C=O) groups is 3. The Morgan fingerprint density at radius 3 is 2.42 bits per heavy atom. The Balaban J connectivity index is 2.26. The minimum absolute atomic E-state index is 0.308. The molecule has 1 heterocycles. The lowest BCUT2D eigenvalue weighted by Gasteiger charge is -2.26. The number of aromatic nitrogens is 2. The molecule has 8 heteroatoms. The van der Waals surface area contributed by atoms with Crippen molar-refractivity contribution in [2.75, 3.05) is 0 Å². The van der Waals surface area contributed by atoms with Crippen molar-refractivity contribution in [2.24, 2.45) is 0 Å². The summed E-state index contributed by atoms with van der Waals surface area (Å²) < 4.78 is 0. The average Bonchev–Trinajstić information content (AvgIpc) is 2.92. The van der Waals surface area contributed by atoms with Crippen LogP contribution >= 0.6 is 0 Å². The number of nitrogens with one attached hydrogen (secondary N) is 2. The maximum Gasteiger partial charge on any atom is 0.343 e. The predicted octanol–water partition coefficient (Wildman–Crippen LogP) is 1.58. The zero-order chi connectivity index (χ0) is 19.3. The van der Waals surface area contributed by atoms with E-state index >= 15 is 0 Å². The van der Waals surface area contributed by atoms with Crippen LogP contribution in [0.1, 0.15) is 36.1 Å². The van der Waals surface area contributed by atoms with E-state index in [0.29, 0.717) is 12.2 Å². The molecule has 2 aromatic rings. The first-order chi connectivity index (χ1) is 12.2. The second-order valence-corrected chi connectivity index (χ2v) is 6.27. The quantitative estimate of drug-likeness (QED) is 0.532. The number of aliphatic carboxylic acids is 1. The van der Waals surface area contributed by atoms with Crippen molar-refractivity contribution in [1.82, 2.24) is 15.4 Å². The molecule has 3 N–H and O–H groups in total. The fourth-order valence-electron chi connectivity index (χ4n) is 2.46. The molecule has 1 aromatic carbocycles. The highest BCUT2D eigenvalue weighted by molar-refractivity contribution is 5.92. The van der Waals surface area contributed by atoms with Crippen LogP contribution in [-0.4, -0.2) is 32.9 Å². The Hall–Kier alpha value is -3.16. The van der Waals surface area contributed by atoms with Gasteiger partial charge in [0.15, 0.2) is 0 Å². The Kier molecular flexibility index (Phi) is 5.76. The van der Waals surface area contributed by atoms with E-state index in [2.05, 4.69) is 20.3 Å². The zero-order valence-corrected chi connectivity index (χ0v) is 14.8. The summed E-state index contributed by atoms with van der Waals surface area (Å²) in [4.78, 5) is 46.8. The molecule has 0 saturated heterocycles. The number of nitrogens with zero attached hydrogens (tertiary/aromatic N) is 1. The van der Waals surface area contributed by atoms with E-state index in [-0.39, 0.29) is 0 Å². The van der Waals surface area contributed by atoms with E-state index in [1.165, 1.54) is 0 Å². The number of amides is 1. The van der Waals surface area contributed by atoms with Crippen LogP contribution in [0.5, 0.6) is 0 Å². The van der Waals surface area contributed by atoms with Crippen LogP contribution in [0.2, 0.25) is 0 Å². The molecule has 1 atom stereocenters. The summed E-state index contributed by atoms with van der Waals surface area (Å²) in [5, 5.41) is 8.59. The van der Waals surface area contributed by atoms with Gasteiger partial charge in [-0.25, -0.2) is 9.78 Å². The largest absolute Gasteiger partial charge is 0.481 e. The third-order valence-corrected chi connectivity index (χ3v) is 4.11. The lowest BCUT2D eigenvalue weighted by atomic mass is 9.82. The fourth-order valence-corrected chi connectivity index (χ4v) is 2.46. The lowest BCUT2D eigenvalue weighted by Crippen LogP contribution is -2.45. The molecule has 0 fully saturated rings. The molecule has 0 saturated carbocycles. The third-order valence-electron chi connectivity index (χ3n) is 4.11. The number of aromatic amines is 1. The molecular weight excluding hydrogens is 338 g/mol. The van der Waals surface area contributed by atoms with Crippen LogP contribution in [0.3, 0.4) is 0 Å². The highest BCUT2D eigenvalue weighted by Gasteiger charge is 2.39. The molecule has 0 aliphatic carbocycles. The molecule has 0 aliphatic rings. The third kappa shape index (κ3) is 4.47. The summed E-state index contributed by atoms with van der Waals surface area (Å²) in [7, 11) is 0.